The number of nitrogens with one attached hydrogen (secondary N) is 2. The van der Waals surface area contributed by atoms with Crippen molar-refractivity contribution in [3.63, 3.8) is 0 Å². The van der Waals surface area contributed by atoms with Crippen LogP contribution in [0.1, 0.15) is 65.4 Å². The van der Waals surface area contributed by atoms with E-state index in [2.05, 4.69) is 10.6 Å². The Hall–Kier alpha value is -2.74. The van der Waals surface area contributed by atoms with Crippen molar-refractivity contribution < 1.29 is 23.5 Å². The van der Waals surface area contributed by atoms with Gasteiger partial charge in [0.15, 0.2) is 0 Å². The summed E-state index contributed by atoms with van der Waals surface area (Å²) in [6, 6.07) is 5.18. The molecule has 1 aliphatic carbocycles. The van der Waals surface area contributed by atoms with Crippen molar-refractivity contribution in [3.8, 4) is 0 Å². The Morgan fingerprint density at radius 1 is 1.14 bits per heavy atom. The second kappa shape index (κ2) is 8.68. The van der Waals surface area contributed by atoms with Crippen molar-refractivity contribution in [2.24, 2.45) is 11.8 Å². The van der Waals surface area contributed by atoms with Crippen LogP contribution in [-0.2, 0) is 25.7 Å². The molecule has 1 aromatic carbocycles. The minimum atomic E-state index is -1.20. The smallest absolute Gasteiger partial charge is 0.246 e. The van der Waals surface area contributed by atoms with Crippen LogP contribution in [-0.4, -0.2) is 51.4 Å². The van der Waals surface area contributed by atoms with Crippen LogP contribution in [0, 0.1) is 17.7 Å². The van der Waals surface area contributed by atoms with E-state index < -0.39 is 34.6 Å². The van der Waals surface area contributed by atoms with Gasteiger partial charge in [-0.05, 0) is 57.7 Å². The first-order chi connectivity index (χ1) is 17.0. The average Bonchev–Trinajstić information content (AvgIpc) is 3.58. The van der Waals surface area contributed by atoms with E-state index in [1.165, 1.54) is 12.1 Å². The number of hydrogen-bond donors (Lipinski definition) is 2. The third kappa shape index (κ3) is 3.76. The van der Waals surface area contributed by atoms with Gasteiger partial charge in [-0.3, -0.25) is 14.4 Å². The van der Waals surface area contributed by atoms with Gasteiger partial charge in [-0.1, -0.05) is 44.1 Å². The molecule has 2 N–H and O–H groups in total. The first kappa shape index (κ1) is 24.9. The van der Waals surface area contributed by atoms with Crippen LogP contribution in [0.25, 0.3) is 0 Å². The maximum atomic E-state index is 14.1. The summed E-state index contributed by atoms with van der Waals surface area (Å²) in [6.45, 7) is 7.93. The van der Waals surface area contributed by atoms with Gasteiger partial charge in [0.25, 0.3) is 0 Å². The van der Waals surface area contributed by atoms with Crippen LogP contribution in [0.3, 0.4) is 0 Å². The summed E-state index contributed by atoms with van der Waals surface area (Å²) >= 11 is 0. The number of ether oxygens (including phenoxy) is 1. The highest BCUT2D eigenvalue weighted by atomic mass is 19.1. The normalized spacial score (nSPS) is 33.3. The third-order valence-electron chi connectivity index (χ3n) is 8.83. The highest BCUT2D eigenvalue weighted by Gasteiger charge is 2.77. The molecule has 2 bridgehead atoms. The van der Waals surface area contributed by atoms with Gasteiger partial charge in [-0.15, -0.1) is 0 Å². The molecular formula is C28H36FN3O4. The predicted molar refractivity (Wildman–Crippen MR) is 132 cm³/mol. The van der Waals surface area contributed by atoms with Crippen molar-refractivity contribution >= 4 is 17.7 Å². The summed E-state index contributed by atoms with van der Waals surface area (Å²) in [6.07, 6.45) is 8.37. The Bertz CT molecular complexity index is 1100. The monoisotopic (exact) mass is 497 g/mol. The Labute approximate surface area is 211 Å². The van der Waals surface area contributed by atoms with Gasteiger partial charge in [0, 0.05) is 18.1 Å². The Morgan fingerprint density at radius 2 is 1.81 bits per heavy atom. The molecule has 5 rings (SSSR count). The van der Waals surface area contributed by atoms with E-state index in [-0.39, 0.29) is 36.1 Å². The number of carbonyl (C=O) groups is 3. The fourth-order valence-corrected chi connectivity index (χ4v) is 6.61. The molecule has 7 nitrogen and oxygen atoms in total. The molecule has 1 aromatic rings. The molecule has 0 unspecified atom stereocenters. The second-order valence-electron chi connectivity index (χ2n) is 11.5. The molecule has 1 saturated carbocycles. The molecule has 5 atom stereocenters. The fraction of sp³-hybridized carbons (Fsp3) is 0.607. The molecule has 36 heavy (non-hydrogen) atoms. The molecule has 0 aromatic heterocycles. The van der Waals surface area contributed by atoms with Crippen molar-refractivity contribution in [1.82, 2.24) is 15.5 Å². The van der Waals surface area contributed by atoms with Gasteiger partial charge in [0.2, 0.25) is 17.7 Å². The summed E-state index contributed by atoms with van der Waals surface area (Å²) in [5.74, 6) is -2.66. The second-order valence-corrected chi connectivity index (χ2v) is 11.5. The van der Waals surface area contributed by atoms with Gasteiger partial charge in [-0.2, -0.15) is 0 Å². The van der Waals surface area contributed by atoms with E-state index >= 15 is 0 Å². The van der Waals surface area contributed by atoms with Crippen LogP contribution in [0.4, 0.5) is 4.39 Å². The number of nitrogens with zero attached hydrogens (tertiary/aromatic N) is 1. The molecule has 0 radical (unpaired) electrons. The lowest BCUT2D eigenvalue weighted by molar-refractivity contribution is -0.151. The van der Waals surface area contributed by atoms with Gasteiger partial charge in [0.05, 0.1) is 17.4 Å². The van der Waals surface area contributed by atoms with Crippen LogP contribution in [0.2, 0.25) is 0 Å². The van der Waals surface area contributed by atoms with E-state index in [9.17, 15) is 18.8 Å². The van der Waals surface area contributed by atoms with Gasteiger partial charge < -0.3 is 20.3 Å². The highest BCUT2D eigenvalue weighted by molar-refractivity contribution is 6.00. The summed E-state index contributed by atoms with van der Waals surface area (Å²) in [5, 5.41) is 6.11. The summed E-state index contributed by atoms with van der Waals surface area (Å²) in [5.41, 5.74) is -2.04. The van der Waals surface area contributed by atoms with E-state index in [0.29, 0.717) is 6.42 Å². The zero-order valence-corrected chi connectivity index (χ0v) is 21.5. The standard InChI is InChI=1S/C28H36FN3O4/c1-5-26(2,3)32-22(24(34)31-19-8-6-7-9-19)28-15-14-27(4,36-28)20(21(28)25(32)35)23(33)30-16-17-10-12-18(29)13-11-17/h10-15,19-22H,5-9,16H2,1-4H3,(H,30,33)(H,31,34)/t20-,21-,22+,27+,28-/m0/s1. The lowest BCUT2D eigenvalue weighted by atomic mass is 9.70. The zero-order valence-electron chi connectivity index (χ0n) is 21.5. The molecule has 3 heterocycles. The number of halogens is 1. The van der Waals surface area contributed by atoms with Crippen LogP contribution < -0.4 is 10.6 Å². The first-order valence-corrected chi connectivity index (χ1v) is 13.1. The van der Waals surface area contributed by atoms with Crippen molar-refractivity contribution in [1.29, 1.82) is 0 Å². The SMILES string of the molecule is CCC(C)(C)N1C(=O)[C@@H]2[C@@H](C(=O)NCc3ccc(F)cc3)[C@@]3(C)C=C[C@@]2(O3)[C@H]1C(=O)NC1CCCC1. The topological polar surface area (TPSA) is 87.7 Å². The van der Waals surface area contributed by atoms with E-state index in [0.717, 1.165) is 31.2 Å². The molecule has 3 fully saturated rings. The maximum Gasteiger partial charge on any atom is 0.246 e. The number of rotatable bonds is 7. The van der Waals surface area contributed by atoms with Crippen LogP contribution in [0.5, 0.6) is 0 Å². The molecule has 8 heteroatoms. The Balaban J connectivity index is 1.47. The van der Waals surface area contributed by atoms with Crippen molar-refractivity contribution in [2.45, 2.75) is 95.2 Å². The van der Waals surface area contributed by atoms with Gasteiger partial charge in [-0.25, -0.2) is 4.39 Å². The Kier molecular flexibility index (Phi) is 6.01. The predicted octanol–water partition coefficient (Wildman–Crippen LogP) is 3.23. The molecular weight excluding hydrogens is 461 g/mol. The Morgan fingerprint density at radius 3 is 2.44 bits per heavy atom. The molecule has 2 saturated heterocycles. The first-order valence-electron chi connectivity index (χ1n) is 13.1. The summed E-state index contributed by atoms with van der Waals surface area (Å²) in [4.78, 5) is 43.2. The van der Waals surface area contributed by atoms with E-state index in [1.54, 1.807) is 17.0 Å². The molecule has 194 valence electrons. The van der Waals surface area contributed by atoms with Crippen LogP contribution in [0.15, 0.2) is 36.4 Å². The zero-order chi connectivity index (χ0) is 25.9. The lowest BCUT2D eigenvalue weighted by Gasteiger charge is -2.42. The molecule has 1 spiro atoms. The van der Waals surface area contributed by atoms with E-state index in [1.807, 2.05) is 39.8 Å². The number of likely N-dealkylation sites (tertiary alicyclic amines) is 1. The molecule has 3 amide bonds. The fourth-order valence-electron chi connectivity index (χ4n) is 6.61. The maximum absolute atomic E-state index is 14.1. The van der Waals surface area contributed by atoms with Crippen molar-refractivity contribution in [3.05, 3.63) is 47.8 Å². The summed E-state index contributed by atoms with van der Waals surface area (Å²) in [7, 11) is 0. The number of hydrogen-bond acceptors (Lipinski definition) is 4. The van der Waals surface area contributed by atoms with Gasteiger partial charge >= 0.3 is 0 Å². The number of fused-ring (bicyclic) bond motifs is 1. The minimum Gasteiger partial charge on any atom is -0.356 e. The number of carbonyl (C=O) groups excluding carboxylic acids is 3. The molecule has 3 aliphatic heterocycles. The third-order valence-corrected chi connectivity index (χ3v) is 8.83. The van der Waals surface area contributed by atoms with E-state index in [4.69, 9.17) is 4.74 Å². The van der Waals surface area contributed by atoms with Crippen molar-refractivity contribution in [2.75, 3.05) is 0 Å². The highest BCUT2D eigenvalue weighted by Crippen LogP contribution is 2.60. The number of amides is 3. The average molecular weight is 498 g/mol. The molecule has 4 aliphatic rings. The minimum absolute atomic E-state index is 0.0996. The quantitative estimate of drug-likeness (QED) is 0.567. The lowest BCUT2D eigenvalue weighted by Crippen LogP contribution is -2.60. The largest absolute Gasteiger partial charge is 0.356 e. The van der Waals surface area contributed by atoms with Gasteiger partial charge in [0.1, 0.15) is 17.5 Å². The van der Waals surface area contributed by atoms with Crippen LogP contribution >= 0.6 is 0 Å². The summed E-state index contributed by atoms with van der Waals surface area (Å²) < 4.78 is 19.8. The number of benzene rings is 1.